The first-order valence-electron chi connectivity index (χ1n) is 7.02. The van der Waals surface area contributed by atoms with Gasteiger partial charge >= 0.3 is 0 Å². The van der Waals surface area contributed by atoms with Gasteiger partial charge in [-0.1, -0.05) is 42.5 Å². The van der Waals surface area contributed by atoms with E-state index >= 15 is 0 Å². The van der Waals surface area contributed by atoms with Crippen LogP contribution < -0.4 is 10.0 Å². The Hall–Kier alpha value is -1.84. The van der Waals surface area contributed by atoms with Gasteiger partial charge in [0, 0.05) is 13.0 Å². The van der Waals surface area contributed by atoms with E-state index in [0.717, 1.165) is 22.5 Å². The zero-order valence-electron chi connectivity index (χ0n) is 13.0. The van der Waals surface area contributed by atoms with Gasteiger partial charge in [-0.2, -0.15) is 0 Å². The minimum Gasteiger partial charge on any atom is -0.301 e. The summed E-state index contributed by atoms with van der Waals surface area (Å²) in [6.07, 6.45) is 0.599. The molecule has 0 bridgehead atoms. The first kappa shape index (κ1) is 17.5. The van der Waals surface area contributed by atoms with Crippen LogP contribution in [-0.2, 0) is 14.8 Å². The third kappa shape index (κ3) is 4.34. The highest BCUT2D eigenvalue weighted by Gasteiger charge is 2.25. The quantitative estimate of drug-likeness (QED) is 0.775. The lowest BCUT2D eigenvalue weighted by Crippen LogP contribution is -2.28. The molecule has 2 rings (SSSR count). The molecule has 0 radical (unpaired) electrons. The molecule has 1 atom stereocenters. The smallest absolute Gasteiger partial charge is 0.270 e. The molecule has 0 saturated heterocycles. The number of aromatic nitrogens is 2. The normalized spacial score (nSPS) is 12.8. The van der Waals surface area contributed by atoms with Gasteiger partial charge in [0.1, 0.15) is 0 Å². The maximum absolute atomic E-state index is 12.5. The summed E-state index contributed by atoms with van der Waals surface area (Å²) < 4.78 is 27.4. The summed E-state index contributed by atoms with van der Waals surface area (Å²) in [5.74, 6) is -0.329. The average molecular weight is 354 g/mol. The molecule has 9 heteroatoms. The largest absolute Gasteiger partial charge is 0.301 e. The zero-order chi connectivity index (χ0) is 17.0. The summed E-state index contributed by atoms with van der Waals surface area (Å²) in [5.41, 5.74) is 1.93. The monoisotopic (exact) mass is 354 g/mol. The van der Waals surface area contributed by atoms with Gasteiger partial charge < -0.3 is 5.32 Å². The van der Waals surface area contributed by atoms with E-state index in [4.69, 9.17) is 0 Å². The highest BCUT2D eigenvalue weighted by molar-refractivity contribution is 7.91. The molecule has 124 valence electrons. The van der Waals surface area contributed by atoms with Crippen LogP contribution >= 0.6 is 11.3 Å². The summed E-state index contributed by atoms with van der Waals surface area (Å²) >= 11 is 0.815. The minimum absolute atomic E-state index is 0.154. The van der Waals surface area contributed by atoms with Crippen molar-refractivity contribution in [1.29, 1.82) is 0 Å². The SMILES string of the molecule is CC[C@H](NS(=O)(=O)c1nnc(NC(C)=O)s1)c1ccccc1C. The summed E-state index contributed by atoms with van der Waals surface area (Å²) in [4.78, 5) is 11.0. The molecule has 0 aliphatic rings. The molecule has 2 aromatic rings. The summed E-state index contributed by atoms with van der Waals surface area (Å²) in [5, 5.41) is 9.88. The van der Waals surface area contributed by atoms with Crippen molar-refractivity contribution in [1.82, 2.24) is 14.9 Å². The van der Waals surface area contributed by atoms with Gasteiger partial charge in [-0.3, -0.25) is 4.79 Å². The van der Waals surface area contributed by atoms with Crippen LogP contribution in [0.2, 0.25) is 0 Å². The molecule has 7 nitrogen and oxygen atoms in total. The summed E-state index contributed by atoms with van der Waals surface area (Å²) in [6.45, 7) is 5.16. The lowest BCUT2D eigenvalue weighted by Gasteiger charge is -2.18. The van der Waals surface area contributed by atoms with E-state index in [2.05, 4.69) is 20.2 Å². The van der Waals surface area contributed by atoms with E-state index in [-0.39, 0.29) is 21.4 Å². The van der Waals surface area contributed by atoms with Crippen molar-refractivity contribution >= 4 is 32.4 Å². The Morgan fingerprint density at radius 3 is 2.61 bits per heavy atom. The first-order chi connectivity index (χ1) is 10.8. The first-order valence-corrected chi connectivity index (χ1v) is 9.32. The van der Waals surface area contributed by atoms with Crippen molar-refractivity contribution in [3.63, 3.8) is 0 Å². The van der Waals surface area contributed by atoms with Crippen LogP contribution in [-0.4, -0.2) is 24.5 Å². The van der Waals surface area contributed by atoms with Crippen molar-refractivity contribution in [2.24, 2.45) is 0 Å². The highest BCUT2D eigenvalue weighted by Crippen LogP contribution is 2.25. The Balaban J connectivity index is 2.24. The van der Waals surface area contributed by atoms with Gasteiger partial charge in [0.25, 0.3) is 10.0 Å². The number of rotatable bonds is 6. The number of sulfonamides is 1. The predicted molar refractivity (Wildman–Crippen MR) is 88.7 cm³/mol. The van der Waals surface area contributed by atoms with Crippen molar-refractivity contribution < 1.29 is 13.2 Å². The van der Waals surface area contributed by atoms with Crippen LogP contribution in [0.4, 0.5) is 5.13 Å². The number of benzene rings is 1. The Morgan fingerprint density at radius 1 is 1.30 bits per heavy atom. The second-order valence-corrected chi connectivity index (χ2v) is 7.86. The van der Waals surface area contributed by atoms with Crippen LogP contribution in [0.3, 0.4) is 0 Å². The fourth-order valence-electron chi connectivity index (χ4n) is 2.10. The van der Waals surface area contributed by atoms with Crippen LogP contribution in [0.5, 0.6) is 0 Å². The van der Waals surface area contributed by atoms with Gasteiger partial charge in [0.05, 0.1) is 0 Å². The van der Waals surface area contributed by atoms with E-state index in [1.165, 1.54) is 6.92 Å². The lowest BCUT2D eigenvalue weighted by atomic mass is 10.0. The number of aryl methyl sites for hydroxylation is 1. The average Bonchev–Trinajstić information content (AvgIpc) is 2.94. The second-order valence-electron chi connectivity index (χ2n) is 4.99. The topological polar surface area (TPSA) is 101 Å². The number of nitrogens with one attached hydrogen (secondary N) is 2. The van der Waals surface area contributed by atoms with Crippen molar-refractivity contribution in [2.75, 3.05) is 5.32 Å². The fourth-order valence-corrected chi connectivity index (χ4v) is 4.36. The van der Waals surface area contributed by atoms with Crippen LogP contribution in [0.15, 0.2) is 28.6 Å². The molecule has 23 heavy (non-hydrogen) atoms. The molecule has 1 amide bonds. The van der Waals surface area contributed by atoms with Gasteiger partial charge in [-0.15, -0.1) is 10.2 Å². The maximum Gasteiger partial charge on any atom is 0.270 e. The summed E-state index contributed by atoms with van der Waals surface area (Å²) in [6, 6.07) is 7.26. The molecule has 0 saturated carbocycles. The third-order valence-corrected chi connectivity index (χ3v) is 5.87. The van der Waals surface area contributed by atoms with E-state index in [1.54, 1.807) is 0 Å². The fraction of sp³-hybridized carbons (Fsp3) is 0.357. The Kier molecular flexibility index (Phi) is 5.45. The van der Waals surface area contributed by atoms with Crippen LogP contribution in [0.1, 0.15) is 37.4 Å². The number of hydrogen-bond acceptors (Lipinski definition) is 6. The number of carbonyl (C=O) groups excluding carboxylic acids is 1. The summed E-state index contributed by atoms with van der Waals surface area (Å²) in [7, 11) is -3.81. The van der Waals surface area contributed by atoms with Gasteiger partial charge in [-0.25, -0.2) is 13.1 Å². The molecule has 0 aliphatic carbocycles. The van der Waals surface area contributed by atoms with Crippen molar-refractivity contribution in [2.45, 2.75) is 37.6 Å². The van der Waals surface area contributed by atoms with Crippen LogP contribution in [0.25, 0.3) is 0 Å². The molecular formula is C14H18N4O3S2. The van der Waals surface area contributed by atoms with Gasteiger partial charge in [-0.05, 0) is 24.5 Å². The van der Waals surface area contributed by atoms with E-state index in [0.29, 0.717) is 6.42 Å². The standard InChI is InChI=1S/C14H18N4O3S2/c1-4-12(11-8-6-5-7-9(11)2)18-23(20,21)14-17-16-13(22-14)15-10(3)19/h5-8,12,18H,4H2,1-3H3,(H,15,16,19)/t12-/m0/s1. The van der Waals surface area contributed by atoms with Gasteiger partial charge in [0.2, 0.25) is 15.4 Å². The van der Waals surface area contributed by atoms with Gasteiger partial charge in [0.15, 0.2) is 0 Å². The molecule has 1 heterocycles. The predicted octanol–water partition coefficient (Wildman–Crippen LogP) is 2.23. The van der Waals surface area contributed by atoms with Crippen molar-refractivity contribution in [3.05, 3.63) is 35.4 Å². The van der Waals surface area contributed by atoms with Crippen molar-refractivity contribution in [3.8, 4) is 0 Å². The lowest BCUT2D eigenvalue weighted by molar-refractivity contribution is -0.114. The Morgan fingerprint density at radius 2 is 2.00 bits per heavy atom. The number of nitrogens with zero attached hydrogens (tertiary/aromatic N) is 2. The number of hydrogen-bond donors (Lipinski definition) is 2. The molecule has 2 N–H and O–H groups in total. The Labute approximate surface area is 139 Å². The minimum atomic E-state index is -3.81. The highest BCUT2D eigenvalue weighted by atomic mass is 32.2. The van der Waals surface area contributed by atoms with E-state index in [1.807, 2.05) is 38.1 Å². The van der Waals surface area contributed by atoms with E-state index in [9.17, 15) is 13.2 Å². The molecule has 1 aromatic heterocycles. The molecule has 0 unspecified atom stereocenters. The molecule has 1 aromatic carbocycles. The third-order valence-electron chi connectivity index (χ3n) is 3.19. The van der Waals surface area contributed by atoms with E-state index < -0.39 is 10.0 Å². The molecule has 0 aliphatic heterocycles. The number of amides is 1. The Bertz CT molecular complexity index is 802. The molecular weight excluding hydrogens is 336 g/mol. The zero-order valence-corrected chi connectivity index (χ0v) is 14.7. The second kappa shape index (κ2) is 7.16. The maximum atomic E-state index is 12.5. The number of carbonyl (C=O) groups is 1. The molecule has 0 spiro atoms. The number of anilines is 1. The molecule has 0 fully saturated rings. The van der Waals surface area contributed by atoms with Crippen LogP contribution in [0, 0.1) is 6.92 Å².